The molecule has 20 heavy (non-hydrogen) atoms. The molecule has 1 aromatic carbocycles. The number of nitrogens with zero attached hydrogens (tertiary/aromatic N) is 2. The second-order valence-electron chi connectivity index (χ2n) is 6.21. The molecule has 0 bridgehead atoms. The summed E-state index contributed by atoms with van der Waals surface area (Å²) in [5.74, 6) is 0. The van der Waals surface area contributed by atoms with Crippen LogP contribution in [0.3, 0.4) is 0 Å². The highest BCUT2D eigenvalue weighted by molar-refractivity contribution is 5.76. The second-order valence-corrected chi connectivity index (χ2v) is 6.21. The molecule has 0 saturated carbocycles. The van der Waals surface area contributed by atoms with E-state index in [-0.39, 0.29) is 11.7 Å². The zero-order valence-corrected chi connectivity index (χ0v) is 12.5. The van der Waals surface area contributed by atoms with Gasteiger partial charge in [-0.2, -0.15) is 0 Å². The topological polar surface area (TPSA) is 41.0 Å². The van der Waals surface area contributed by atoms with Crippen LogP contribution < -0.4 is 5.69 Å². The second kappa shape index (κ2) is 5.09. The fourth-order valence-electron chi connectivity index (χ4n) is 3.27. The van der Waals surface area contributed by atoms with Gasteiger partial charge in [-0.15, -0.1) is 0 Å². The van der Waals surface area contributed by atoms with E-state index in [0.29, 0.717) is 6.04 Å². The maximum absolute atomic E-state index is 12.3. The molecule has 4 nitrogen and oxygen atoms in total. The minimum atomic E-state index is 0.0289. The number of hydrogen-bond donors (Lipinski definition) is 1. The fourth-order valence-corrected chi connectivity index (χ4v) is 3.27. The van der Waals surface area contributed by atoms with Crippen molar-refractivity contribution < 1.29 is 0 Å². The van der Waals surface area contributed by atoms with Crippen molar-refractivity contribution in [2.24, 2.45) is 0 Å². The Labute approximate surface area is 119 Å². The summed E-state index contributed by atoms with van der Waals surface area (Å²) in [5, 5.41) is 0. The molecule has 1 unspecified atom stereocenters. The Kier molecular flexibility index (Phi) is 3.42. The Morgan fingerprint density at radius 2 is 2.15 bits per heavy atom. The van der Waals surface area contributed by atoms with Gasteiger partial charge >= 0.3 is 5.69 Å². The number of H-pyrrole nitrogens is 1. The summed E-state index contributed by atoms with van der Waals surface area (Å²) in [6, 6.07) is 7.03. The molecule has 2 aromatic rings. The Morgan fingerprint density at radius 3 is 2.90 bits per heavy atom. The molecule has 2 heterocycles. The summed E-state index contributed by atoms with van der Waals surface area (Å²) in [6.07, 6.45) is 2.25. The molecule has 1 atom stereocenters. The SMILES string of the molecule is Cc1ccc2c(c1)[nH]c(=O)n2C1CCCN(C(C)C)C1. The van der Waals surface area contributed by atoms with Crippen molar-refractivity contribution in [3.63, 3.8) is 0 Å². The molecule has 1 N–H and O–H groups in total. The Hall–Kier alpha value is -1.55. The molecular weight excluding hydrogens is 250 g/mol. The lowest BCUT2D eigenvalue weighted by molar-refractivity contribution is 0.143. The summed E-state index contributed by atoms with van der Waals surface area (Å²) in [7, 11) is 0. The molecule has 4 heteroatoms. The van der Waals surface area contributed by atoms with Crippen LogP contribution in [0.5, 0.6) is 0 Å². The van der Waals surface area contributed by atoms with Gasteiger partial charge in [0.05, 0.1) is 17.1 Å². The first-order valence-electron chi connectivity index (χ1n) is 7.51. The normalized spacial score (nSPS) is 20.9. The fraction of sp³-hybridized carbons (Fsp3) is 0.562. The number of likely N-dealkylation sites (tertiary alicyclic amines) is 1. The van der Waals surface area contributed by atoms with Crippen molar-refractivity contribution >= 4 is 11.0 Å². The van der Waals surface area contributed by atoms with E-state index in [1.165, 1.54) is 5.56 Å². The molecule has 3 rings (SSSR count). The maximum Gasteiger partial charge on any atom is 0.326 e. The molecule has 1 fully saturated rings. The van der Waals surface area contributed by atoms with E-state index in [1.54, 1.807) is 0 Å². The van der Waals surface area contributed by atoms with E-state index in [4.69, 9.17) is 0 Å². The van der Waals surface area contributed by atoms with Crippen LogP contribution in [-0.4, -0.2) is 33.6 Å². The summed E-state index contributed by atoms with van der Waals surface area (Å²) >= 11 is 0. The van der Waals surface area contributed by atoms with Crippen molar-refractivity contribution in [3.8, 4) is 0 Å². The lowest BCUT2D eigenvalue weighted by Crippen LogP contribution is -2.42. The minimum Gasteiger partial charge on any atom is -0.306 e. The zero-order valence-electron chi connectivity index (χ0n) is 12.5. The summed E-state index contributed by atoms with van der Waals surface area (Å²) in [6.45, 7) is 8.62. The van der Waals surface area contributed by atoms with Crippen LogP contribution in [0.2, 0.25) is 0 Å². The third-order valence-corrected chi connectivity index (χ3v) is 4.40. The highest BCUT2D eigenvalue weighted by atomic mass is 16.1. The highest BCUT2D eigenvalue weighted by Crippen LogP contribution is 2.25. The van der Waals surface area contributed by atoms with E-state index in [9.17, 15) is 4.79 Å². The third kappa shape index (κ3) is 2.29. The van der Waals surface area contributed by atoms with Crippen LogP contribution in [-0.2, 0) is 0 Å². The van der Waals surface area contributed by atoms with E-state index in [2.05, 4.69) is 48.9 Å². The number of aromatic nitrogens is 2. The predicted molar refractivity (Wildman–Crippen MR) is 82.3 cm³/mol. The Bertz CT molecular complexity index is 668. The number of piperidine rings is 1. The standard InChI is InChI=1S/C16H23N3O/c1-11(2)18-8-4-5-13(10-18)19-15-7-6-12(3)9-14(15)17-16(19)20/h6-7,9,11,13H,4-5,8,10H2,1-3H3,(H,17,20). The molecule has 0 spiro atoms. The van der Waals surface area contributed by atoms with Gasteiger partial charge in [0.15, 0.2) is 0 Å². The first kappa shape index (κ1) is 13.4. The molecule has 1 aromatic heterocycles. The summed E-state index contributed by atoms with van der Waals surface area (Å²) in [4.78, 5) is 17.8. The van der Waals surface area contributed by atoms with E-state index in [1.807, 2.05) is 4.57 Å². The van der Waals surface area contributed by atoms with E-state index >= 15 is 0 Å². The van der Waals surface area contributed by atoms with Crippen LogP contribution in [0.25, 0.3) is 11.0 Å². The molecule has 108 valence electrons. The maximum atomic E-state index is 12.3. The monoisotopic (exact) mass is 273 g/mol. The lowest BCUT2D eigenvalue weighted by Gasteiger charge is -2.35. The number of benzene rings is 1. The van der Waals surface area contributed by atoms with Gasteiger partial charge in [-0.1, -0.05) is 6.07 Å². The average Bonchev–Trinajstić information content (AvgIpc) is 2.73. The smallest absolute Gasteiger partial charge is 0.306 e. The van der Waals surface area contributed by atoms with Gasteiger partial charge < -0.3 is 4.98 Å². The van der Waals surface area contributed by atoms with Crippen LogP contribution >= 0.6 is 0 Å². The van der Waals surface area contributed by atoms with Crippen LogP contribution in [0, 0.1) is 6.92 Å². The zero-order chi connectivity index (χ0) is 14.3. The quantitative estimate of drug-likeness (QED) is 0.914. The van der Waals surface area contributed by atoms with Crippen LogP contribution in [0.4, 0.5) is 0 Å². The lowest BCUT2D eigenvalue weighted by atomic mass is 10.0. The number of nitrogens with one attached hydrogen (secondary N) is 1. The molecule has 1 saturated heterocycles. The van der Waals surface area contributed by atoms with E-state index in [0.717, 1.165) is 37.0 Å². The average molecular weight is 273 g/mol. The number of aryl methyl sites for hydroxylation is 1. The van der Waals surface area contributed by atoms with Crippen molar-refractivity contribution in [1.82, 2.24) is 14.5 Å². The van der Waals surface area contributed by atoms with Gasteiger partial charge in [0.1, 0.15) is 0 Å². The Morgan fingerprint density at radius 1 is 1.35 bits per heavy atom. The van der Waals surface area contributed by atoms with Gasteiger partial charge in [0.2, 0.25) is 0 Å². The molecule has 0 radical (unpaired) electrons. The summed E-state index contributed by atoms with van der Waals surface area (Å²) in [5.41, 5.74) is 3.20. The molecular formula is C16H23N3O. The number of rotatable bonds is 2. The minimum absolute atomic E-state index is 0.0289. The first-order chi connectivity index (χ1) is 9.56. The van der Waals surface area contributed by atoms with Crippen molar-refractivity contribution in [1.29, 1.82) is 0 Å². The van der Waals surface area contributed by atoms with E-state index < -0.39 is 0 Å². The third-order valence-electron chi connectivity index (χ3n) is 4.40. The van der Waals surface area contributed by atoms with Gasteiger partial charge in [0, 0.05) is 12.6 Å². The highest BCUT2D eigenvalue weighted by Gasteiger charge is 2.25. The largest absolute Gasteiger partial charge is 0.326 e. The summed E-state index contributed by atoms with van der Waals surface area (Å²) < 4.78 is 1.96. The predicted octanol–water partition coefficient (Wildman–Crippen LogP) is 2.68. The van der Waals surface area contributed by atoms with Gasteiger partial charge in [-0.3, -0.25) is 9.47 Å². The van der Waals surface area contributed by atoms with Gasteiger partial charge in [-0.25, -0.2) is 4.79 Å². The first-order valence-corrected chi connectivity index (χ1v) is 7.51. The number of hydrogen-bond acceptors (Lipinski definition) is 2. The van der Waals surface area contributed by atoms with Crippen LogP contribution in [0.1, 0.15) is 38.3 Å². The molecule has 1 aliphatic rings. The molecule has 0 aliphatic carbocycles. The molecule has 0 amide bonds. The van der Waals surface area contributed by atoms with Crippen molar-refractivity contribution in [3.05, 3.63) is 34.2 Å². The number of imidazole rings is 1. The van der Waals surface area contributed by atoms with Crippen LogP contribution in [0.15, 0.2) is 23.0 Å². The van der Waals surface area contributed by atoms with Crippen molar-refractivity contribution in [2.75, 3.05) is 13.1 Å². The van der Waals surface area contributed by atoms with Crippen molar-refractivity contribution in [2.45, 2.75) is 45.7 Å². The number of aromatic amines is 1. The molecule has 1 aliphatic heterocycles. The van der Waals surface area contributed by atoms with Gasteiger partial charge in [-0.05, 0) is 57.9 Å². The number of fused-ring (bicyclic) bond motifs is 1. The Balaban J connectivity index is 2.01. The van der Waals surface area contributed by atoms with Gasteiger partial charge in [0.25, 0.3) is 0 Å².